The topological polar surface area (TPSA) is 77.3 Å². The molecule has 0 aliphatic carbocycles. The lowest BCUT2D eigenvalue weighted by Gasteiger charge is -2.08. The second-order valence-electron chi connectivity index (χ2n) is 5.82. The standard InChI is InChI=1S/C20H17N3O3S/c1-2-21-20-23-22-18(27-20)12-25-14-8-9-15-16(13-6-4-3-5-7-13)11-19(24)26-17(15)10-14/h3-11H,2,12H2,1H3,(H,21,23). The maximum atomic E-state index is 12.0. The van der Waals surface area contributed by atoms with Gasteiger partial charge in [0.05, 0.1) is 0 Å². The van der Waals surface area contributed by atoms with Gasteiger partial charge in [0.25, 0.3) is 0 Å². The Kier molecular flexibility index (Phi) is 4.84. The zero-order chi connectivity index (χ0) is 18.6. The van der Waals surface area contributed by atoms with Crippen molar-refractivity contribution in [2.45, 2.75) is 13.5 Å². The van der Waals surface area contributed by atoms with Crippen LogP contribution in [0.4, 0.5) is 5.13 Å². The second-order valence-corrected chi connectivity index (χ2v) is 6.89. The lowest BCUT2D eigenvalue weighted by Crippen LogP contribution is -1.99. The summed E-state index contributed by atoms with van der Waals surface area (Å²) in [7, 11) is 0. The molecule has 0 bridgehead atoms. The molecule has 0 radical (unpaired) electrons. The molecule has 0 fully saturated rings. The SMILES string of the molecule is CCNc1nnc(COc2ccc3c(-c4ccccc4)cc(=O)oc3c2)s1. The molecule has 0 aliphatic rings. The number of rotatable bonds is 6. The Morgan fingerprint density at radius 1 is 1.11 bits per heavy atom. The molecule has 6 nitrogen and oxygen atoms in total. The molecule has 0 spiro atoms. The average molecular weight is 379 g/mol. The lowest BCUT2D eigenvalue weighted by molar-refractivity contribution is 0.304. The minimum atomic E-state index is -0.391. The van der Waals surface area contributed by atoms with E-state index >= 15 is 0 Å². The Labute approximate surface area is 159 Å². The molecular weight excluding hydrogens is 362 g/mol. The fourth-order valence-corrected chi connectivity index (χ4v) is 3.49. The van der Waals surface area contributed by atoms with Gasteiger partial charge in [-0.15, -0.1) is 10.2 Å². The first-order valence-corrected chi connectivity index (χ1v) is 9.37. The summed E-state index contributed by atoms with van der Waals surface area (Å²) in [5, 5.41) is 13.6. The Balaban J connectivity index is 1.61. The molecule has 2 aromatic carbocycles. The highest BCUT2D eigenvalue weighted by Crippen LogP contribution is 2.30. The van der Waals surface area contributed by atoms with E-state index in [1.54, 1.807) is 6.07 Å². The summed E-state index contributed by atoms with van der Waals surface area (Å²) in [6.45, 7) is 3.10. The number of hydrogen-bond acceptors (Lipinski definition) is 7. The number of nitrogens with one attached hydrogen (secondary N) is 1. The number of benzene rings is 2. The molecule has 4 rings (SSSR count). The summed E-state index contributed by atoms with van der Waals surface area (Å²) in [6.07, 6.45) is 0. The van der Waals surface area contributed by atoms with Crippen molar-refractivity contribution in [1.29, 1.82) is 0 Å². The first kappa shape index (κ1) is 17.2. The van der Waals surface area contributed by atoms with Crippen LogP contribution in [-0.4, -0.2) is 16.7 Å². The summed E-state index contributed by atoms with van der Waals surface area (Å²) >= 11 is 1.45. The zero-order valence-electron chi connectivity index (χ0n) is 14.6. The van der Waals surface area contributed by atoms with E-state index in [0.717, 1.165) is 33.2 Å². The van der Waals surface area contributed by atoms with Gasteiger partial charge in [-0.3, -0.25) is 0 Å². The molecule has 1 N–H and O–H groups in total. The fourth-order valence-electron chi connectivity index (χ4n) is 2.77. The molecule has 27 heavy (non-hydrogen) atoms. The number of hydrogen-bond donors (Lipinski definition) is 1. The van der Waals surface area contributed by atoms with Gasteiger partial charge in [0.1, 0.15) is 17.9 Å². The molecule has 2 aromatic heterocycles. The van der Waals surface area contributed by atoms with Crippen molar-refractivity contribution in [1.82, 2.24) is 10.2 Å². The molecule has 0 unspecified atom stereocenters. The fraction of sp³-hybridized carbons (Fsp3) is 0.150. The monoisotopic (exact) mass is 379 g/mol. The molecule has 4 aromatic rings. The minimum Gasteiger partial charge on any atom is -0.486 e. The van der Waals surface area contributed by atoms with Gasteiger partial charge in [0, 0.05) is 24.1 Å². The third-order valence-electron chi connectivity index (χ3n) is 3.96. The molecule has 136 valence electrons. The second kappa shape index (κ2) is 7.59. The van der Waals surface area contributed by atoms with Crippen LogP contribution in [0.1, 0.15) is 11.9 Å². The van der Waals surface area contributed by atoms with E-state index in [4.69, 9.17) is 9.15 Å². The molecule has 2 heterocycles. The number of anilines is 1. The first-order valence-electron chi connectivity index (χ1n) is 8.55. The Hall–Kier alpha value is -3.19. The maximum absolute atomic E-state index is 12.0. The van der Waals surface area contributed by atoms with Gasteiger partial charge in [0.2, 0.25) is 5.13 Å². The van der Waals surface area contributed by atoms with E-state index in [2.05, 4.69) is 15.5 Å². The van der Waals surface area contributed by atoms with E-state index in [-0.39, 0.29) is 0 Å². The Morgan fingerprint density at radius 3 is 2.78 bits per heavy atom. The number of aromatic nitrogens is 2. The smallest absolute Gasteiger partial charge is 0.336 e. The number of nitrogens with zero attached hydrogens (tertiary/aromatic N) is 2. The lowest BCUT2D eigenvalue weighted by atomic mass is 10.0. The van der Waals surface area contributed by atoms with Crippen molar-refractivity contribution in [2.75, 3.05) is 11.9 Å². The summed E-state index contributed by atoms with van der Waals surface area (Å²) in [6, 6.07) is 16.8. The van der Waals surface area contributed by atoms with Crippen LogP contribution in [0.5, 0.6) is 5.75 Å². The van der Waals surface area contributed by atoms with Gasteiger partial charge in [0.15, 0.2) is 5.01 Å². The van der Waals surface area contributed by atoms with Crippen molar-refractivity contribution < 1.29 is 9.15 Å². The molecular formula is C20H17N3O3S. The highest BCUT2D eigenvalue weighted by molar-refractivity contribution is 7.15. The number of ether oxygens (including phenoxy) is 1. The minimum absolute atomic E-state index is 0.303. The predicted molar refractivity (Wildman–Crippen MR) is 106 cm³/mol. The number of fused-ring (bicyclic) bond motifs is 1. The normalized spacial score (nSPS) is 10.9. The van der Waals surface area contributed by atoms with E-state index in [9.17, 15) is 4.79 Å². The predicted octanol–water partition coefficient (Wildman–Crippen LogP) is 4.32. The largest absolute Gasteiger partial charge is 0.486 e. The molecule has 0 saturated carbocycles. The highest BCUT2D eigenvalue weighted by atomic mass is 32.1. The quantitative estimate of drug-likeness (QED) is 0.503. The van der Waals surface area contributed by atoms with Gasteiger partial charge in [-0.05, 0) is 30.2 Å². The van der Waals surface area contributed by atoms with Crippen LogP contribution < -0.4 is 15.7 Å². The van der Waals surface area contributed by atoms with Gasteiger partial charge >= 0.3 is 5.63 Å². The van der Waals surface area contributed by atoms with Crippen molar-refractivity contribution >= 4 is 27.4 Å². The summed E-state index contributed by atoms with van der Waals surface area (Å²) < 4.78 is 11.2. The third kappa shape index (κ3) is 3.83. The molecule has 0 amide bonds. The zero-order valence-corrected chi connectivity index (χ0v) is 15.5. The van der Waals surface area contributed by atoms with Crippen LogP contribution in [0.15, 0.2) is 63.8 Å². The van der Waals surface area contributed by atoms with Crippen LogP contribution in [0.2, 0.25) is 0 Å². The molecule has 7 heteroatoms. The van der Waals surface area contributed by atoms with Gasteiger partial charge < -0.3 is 14.5 Å². The molecule has 0 saturated heterocycles. The van der Waals surface area contributed by atoms with E-state index in [0.29, 0.717) is 17.9 Å². The van der Waals surface area contributed by atoms with Crippen molar-refractivity contribution in [3.8, 4) is 16.9 Å². The molecule has 0 atom stereocenters. The molecule has 0 aliphatic heterocycles. The van der Waals surface area contributed by atoms with E-state index < -0.39 is 5.63 Å². The summed E-state index contributed by atoms with van der Waals surface area (Å²) in [5.74, 6) is 0.607. The van der Waals surface area contributed by atoms with E-state index in [1.165, 1.54) is 17.4 Å². The van der Waals surface area contributed by atoms with Crippen molar-refractivity contribution in [3.05, 3.63) is 70.0 Å². The maximum Gasteiger partial charge on any atom is 0.336 e. The third-order valence-corrected chi connectivity index (χ3v) is 4.81. The van der Waals surface area contributed by atoms with E-state index in [1.807, 2.05) is 49.4 Å². The Morgan fingerprint density at radius 2 is 1.96 bits per heavy atom. The van der Waals surface area contributed by atoms with Gasteiger partial charge in [-0.2, -0.15) is 0 Å². The van der Waals surface area contributed by atoms with Crippen LogP contribution in [0, 0.1) is 0 Å². The summed E-state index contributed by atoms with van der Waals surface area (Å²) in [4.78, 5) is 12.0. The van der Waals surface area contributed by atoms with Crippen LogP contribution in [0.3, 0.4) is 0 Å². The van der Waals surface area contributed by atoms with Crippen molar-refractivity contribution in [2.24, 2.45) is 0 Å². The van der Waals surface area contributed by atoms with Gasteiger partial charge in [-0.1, -0.05) is 41.7 Å². The highest BCUT2D eigenvalue weighted by Gasteiger charge is 2.10. The summed E-state index contributed by atoms with van der Waals surface area (Å²) in [5.41, 5.74) is 1.91. The van der Waals surface area contributed by atoms with Crippen molar-refractivity contribution in [3.63, 3.8) is 0 Å². The Bertz CT molecular complexity index is 1120. The van der Waals surface area contributed by atoms with Gasteiger partial charge in [-0.25, -0.2) is 4.79 Å². The van der Waals surface area contributed by atoms with Crippen LogP contribution in [0.25, 0.3) is 22.1 Å². The first-order chi connectivity index (χ1) is 13.2. The van der Waals surface area contributed by atoms with Crippen LogP contribution >= 0.6 is 11.3 Å². The van der Waals surface area contributed by atoms with Crippen LogP contribution in [-0.2, 0) is 6.61 Å². The average Bonchev–Trinajstić information content (AvgIpc) is 3.14.